The Kier molecular flexibility index (Phi) is 9.62. The van der Waals surface area contributed by atoms with Gasteiger partial charge in [0.15, 0.2) is 5.82 Å². The summed E-state index contributed by atoms with van der Waals surface area (Å²) in [5.74, 6) is 0.546. The summed E-state index contributed by atoms with van der Waals surface area (Å²) in [7, 11) is 0. The van der Waals surface area contributed by atoms with Crippen molar-refractivity contribution >= 4 is 40.6 Å². The summed E-state index contributed by atoms with van der Waals surface area (Å²) < 4.78 is 0. The van der Waals surface area contributed by atoms with Gasteiger partial charge in [-0.2, -0.15) is 4.98 Å². The van der Waals surface area contributed by atoms with Gasteiger partial charge in [-0.25, -0.2) is 9.97 Å². The average Bonchev–Trinajstić information content (AvgIpc) is 3.61. The zero-order valence-corrected chi connectivity index (χ0v) is 28.6. The quantitative estimate of drug-likeness (QED) is 0.198. The van der Waals surface area contributed by atoms with Gasteiger partial charge in [0.25, 0.3) is 5.91 Å². The van der Waals surface area contributed by atoms with Gasteiger partial charge < -0.3 is 42.2 Å². The molecule has 0 bridgehead atoms. The SMILES string of the molecule is CC1CCC(C(=O)NC2CCCCC2)CN1c1cc(-c2c[nH]c(C(=O)Nc3cc(N)ccc3N3CCC4(CCCNC4)CC3)n2)nc(N)n1. The number of piperidine rings is 3. The third-order valence-electron chi connectivity index (χ3n) is 11.3. The first kappa shape index (κ1) is 33.1. The lowest BCUT2D eigenvalue weighted by Crippen LogP contribution is -2.49. The fourth-order valence-electron chi connectivity index (χ4n) is 8.30. The minimum absolute atomic E-state index is 0.110. The van der Waals surface area contributed by atoms with Gasteiger partial charge >= 0.3 is 0 Å². The van der Waals surface area contributed by atoms with Gasteiger partial charge in [0.2, 0.25) is 11.9 Å². The fourth-order valence-corrected chi connectivity index (χ4v) is 8.30. The smallest absolute Gasteiger partial charge is 0.291 e. The van der Waals surface area contributed by atoms with E-state index in [0.717, 1.165) is 70.4 Å². The molecule has 3 aromatic rings. The normalized spacial score (nSPS) is 23.0. The summed E-state index contributed by atoms with van der Waals surface area (Å²) in [6.45, 7) is 6.75. The van der Waals surface area contributed by atoms with Crippen LogP contribution in [0.25, 0.3) is 11.4 Å². The Balaban J connectivity index is 1.04. The van der Waals surface area contributed by atoms with Crippen molar-refractivity contribution in [1.82, 2.24) is 30.6 Å². The standard InChI is InChI=1S/C36H51N11O2/c1-23-8-9-24(33(48)41-26-6-3-2-4-7-26)21-47(23)31-19-27(44-35(38)45-31)29-20-40-32(42-29)34(49)43-28-18-25(37)10-11-30(28)46-16-13-36(14-17-46)12-5-15-39-22-36/h10-11,18-20,23-24,26,39H,2-9,12-17,21-22,37H2,1H3,(H,40,42)(H,41,48)(H,43,49)(H2,38,44,45). The van der Waals surface area contributed by atoms with Crippen molar-refractivity contribution < 1.29 is 9.59 Å². The van der Waals surface area contributed by atoms with E-state index in [9.17, 15) is 9.59 Å². The Bertz CT molecular complexity index is 1640. The van der Waals surface area contributed by atoms with Crippen LogP contribution in [0.5, 0.6) is 0 Å². The molecule has 7 rings (SSSR count). The highest BCUT2D eigenvalue weighted by atomic mass is 16.2. The topological polar surface area (TPSA) is 183 Å². The Hall–Kier alpha value is -4.39. The van der Waals surface area contributed by atoms with Gasteiger partial charge in [0, 0.05) is 56.2 Å². The summed E-state index contributed by atoms with van der Waals surface area (Å²) in [5, 5.41) is 9.95. The highest BCUT2D eigenvalue weighted by Crippen LogP contribution is 2.40. The van der Waals surface area contributed by atoms with Crippen LogP contribution < -0.4 is 37.2 Å². The number of aromatic nitrogens is 4. The predicted octanol–water partition coefficient (Wildman–Crippen LogP) is 4.31. The molecule has 2 atom stereocenters. The molecule has 1 saturated carbocycles. The van der Waals surface area contributed by atoms with Crippen molar-refractivity contribution in [3.63, 3.8) is 0 Å². The minimum atomic E-state index is -0.373. The number of rotatable bonds is 7. The summed E-state index contributed by atoms with van der Waals surface area (Å²) in [6.07, 6.45) is 13.8. The first-order chi connectivity index (χ1) is 23.7. The molecule has 13 heteroatoms. The number of hydrogen-bond donors (Lipinski definition) is 6. The van der Waals surface area contributed by atoms with E-state index in [-0.39, 0.29) is 41.6 Å². The van der Waals surface area contributed by atoms with Crippen molar-refractivity contribution in [2.24, 2.45) is 11.3 Å². The number of carbonyl (C=O) groups excluding carboxylic acids is 2. The van der Waals surface area contributed by atoms with Crippen molar-refractivity contribution in [3.8, 4) is 11.4 Å². The van der Waals surface area contributed by atoms with Crippen LogP contribution in [0.15, 0.2) is 30.5 Å². The molecule has 2 aromatic heterocycles. The number of nitrogens with zero attached hydrogens (tertiary/aromatic N) is 5. The number of nitrogen functional groups attached to an aromatic ring is 2. The molecular weight excluding hydrogens is 618 g/mol. The highest BCUT2D eigenvalue weighted by Gasteiger charge is 2.36. The van der Waals surface area contributed by atoms with Crippen LogP contribution in [-0.4, -0.2) is 76.6 Å². The summed E-state index contributed by atoms with van der Waals surface area (Å²) in [5.41, 5.74) is 15.9. The molecule has 1 aromatic carbocycles. The second-order valence-corrected chi connectivity index (χ2v) is 14.7. The monoisotopic (exact) mass is 669 g/mol. The van der Waals surface area contributed by atoms with Gasteiger partial charge in [-0.15, -0.1) is 0 Å². The molecule has 262 valence electrons. The number of carbonyl (C=O) groups is 2. The molecule has 5 heterocycles. The third-order valence-corrected chi connectivity index (χ3v) is 11.3. The first-order valence-electron chi connectivity index (χ1n) is 18.2. The molecule has 49 heavy (non-hydrogen) atoms. The van der Waals surface area contributed by atoms with Crippen molar-refractivity contribution in [2.45, 2.75) is 89.6 Å². The van der Waals surface area contributed by atoms with E-state index in [1.165, 1.54) is 32.1 Å². The van der Waals surface area contributed by atoms with Crippen LogP contribution in [0.2, 0.25) is 0 Å². The molecule has 8 N–H and O–H groups in total. The van der Waals surface area contributed by atoms with Gasteiger partial charge in [0.1, 0.15) is 11.5 Å². The maximum Gasteiger partial charge on any atom is 0.291 e. The Labute approximate surface area is 288 Å². The van der Waals surface area contributed by atoms with Crippen molar-refractivity contribution in [2.75, 3.05) is 59.3 Å². The highest BCUT2D eigenvalue weighted by molar-refractivity contribution is 6.04. The van der Waals surface area contributed by atoms with E-state index in [1.807, 2.05) is 24.3 Å². The van der Waals surface area contributed by atoms with E-state index in [2.05, 4.69) is 52.6 Å². The lowest BCUT2D eigenvalue weighted by atomic mass is 9.73. The van der Waals surface area contributed by atoms with Crippen LogP contribution in [-0.2, 0) is 4.79 Å². The van der Waals surface area contributed by atoms with E-state index >= 15 is 0 Å². The predicted molar refractivity (Wildman–Crippen MR) is 193 cm³/mol. The molecule has 1 aliphatic carbocycles. The Morgan fingerprint density at radius 3 is 2.53 bits per heavy atom. The van der Waals surface area contributed by atoms with Crippen LogP contribution in [0.4, 0.5) is 28.8 Å². The average molecular weight is 670 g/mol. The van der Waals surface area contributed by atoms with Crippen molar-refractivity contribution in [1.29, 1.82) is 0 Å². The van der Waals surface area contributed by atoms with Crippen LogP contribution in [0.1, 0.15) is 88.2 Å². The summed E-state index contributed by atoms with van der Waals surface area (Å²) in [6, 6.07) is 7.99. The fraction of sp³-hybridized carbons (Fsp3) is 0.583. The maximum atomic E-state index is 13.5. The number of aromatic amines is 1. The van der Waals surface area contributed by atoms with Gasteiger partial charge in [-0.3, -0.25) is 9.59 Å². The number of hydrogen-bond acceptors (Lipinski definition) is 10. The molecular formula is C36H51N11O2. The summed E-state index contributed by atoms with van der Waals surface area (Å²) >= 11 is 0. The van der Waals surface area contributed by atoms with E-state index in [1.54, 1.807) is 6.20 Å². The number of amides is 2. The second kappa shape index (κ2) is 14.2. The lowest BCUT2D eigenvalue weighted by Gasteiger charge is -2.45. The molecule has 0 radical (unpaired) electrons. The molecule has 3 saturated heterocycles. The van der Waals surface area contributed by atoms with Crippen LogP contribution in [0, 0.1) is 11.3 Å². The number of benzene rings is 1. The van der Waals surface area contributed by atoms with Crippen LogP contribution >= 0.6 is 0 Å². The molecule has 2 unspecified atom stereocenters. The zero-order chi connectivity index (χ0) is 34.0. The van der Waals surface area contributed by atoms with Gasteiger partial charge in [-0.05, 0) is 88.4 Å². The second-order valence-electron chi connectivity index (χ2n) is 14.7. The van der Waals surface area contributed by atoms with Gasteiger partial charge in [-0.1, -0.05) is 19.3 Å². The number of nitrogens with two attached hydrogens (primary N) is 2. The lowest BCUT2D eigenvalue weighted by molar-refractivity contribution is -0.126. The molecule has 4 fully saturated rings. The number of H-pyrrole nitrogens is 1. The third kappa shape index (κ3) is 7.46. The van der Waals surface area contributed by atoms with Crippen LogP contribution in [0.3, 0.4) is 0 Å². The molecule has 1 spiro atoms. The minimum Gasteiger partial charge on any atom is -0.399 e. The number of nitrogens with one attached hydrogen (secondary N) is 4. The van der Waals surface area contributed by atoms with Crippen molar-refractivity contribution in [3.05, 3.63) is 36.3 Å². The Morgan fingerprint density at radius 2 is 1.76 bits per heavy atom. The van der Waals surface area contributed by atoms with E-state index in [4.69, 9.17) is 11.5 Å². The first-order valence-corrected chi connectivity index (χ1v) is 18.2. The molecule has 13 nitrogen and oxygen atoms in total. The molecule has 3 aliphatic heterocycles. The maximum absolute atomic E-state index is 13.5. The van der Waals surface area contributed by atoms with E-state index in [0.29, 0.717) is 40.5 Å². The molecule has 4 aliphatic rings. The Morgan fingerprint density at radius 1 is 0.939 bits per heavy atom. The number of imidazole rings is 1. The van der Waals surface area contributed by atoms with Gasteiger partial charge in [0.05, 0.1) is 23.0 Å². The largest absolute Gasteiger partial charge is 0.399 e. The zero-order valence-electron chi connectivity index (χ0n) is 28.6. The van der Waals surface area contributed by atoms with E-state index < -0.39 is 0 Å². The number of anilines is 5. The molecule has 2 amide bonds. The summed E-state index contributed by atoms with van der Waals surface area (Å²) in [4.78, 5) is 47.9.